The van der Waals surface area contributed by atoms with Crippen LogP contribution in [0.1, 0.15) is 49.7 Å². The number of ketones is 1. The van der Waals surface area contributed by atoms with Crippen LogP contribution in [0.25, 0.3) is 0 Å². The van der Waals surface area contributed by atoms with Crippen molar-refractivity contribution in [2.24, 2.45) is 0 Å². The highest BCUT2D eigenvalue weighted by atomic mass is 16.6. The Kier molecular flexibility index (Phi) is 8.71. The van der Waals surface area contributed by atoms with Crippen LogP contribution in [-0.2, 0) is 14.2 Å². The van der Waals surface area contributed by atoms with E-state index in [0.717, 1.165) is 19.1 Å². The first-order valence-corrected chi connectivity index (χ1v) is 12.7. The van der Waals surface area contributed by atoms with E-state index in [9.17, 15) is 70.6 Å². The summed E-state index contributed by atoms with van der Waals surface area (Å²) in [6.45, 7) is 0.0634. The second-order valence-corrected chi connectivity index (χ2v) is 9.88. The molecule has 0 aliphatic carbocycles. The summed E-state index contributed by atoms with van der Waals surface area (Å²) in [7, 11) is 0. The molecule has 3 aromatic rings. The lowest BCUT2D eigenvalue weighted by atomic mass is 9.88. The van der Waals surface area contributed by atoms with Crippen molar-refractivity contribution in [3.63, 3.8) is 0 Å². The van der Waals surface area contributed by atoms with Crippen LogP contribution in [0.4, 0.5) is 0 Å². The van der Waals surface area contributed by atoms with E-state index in [0.29, 0.717) is 18.2 Å². The van der Waals surface area contributed by atoms with Crippen LogP contribution in [0.3, 0.4) is 0 Å². The minimum absolute atomic E-state index is 0.461. The van der Waals surface area contributed by atoms with Crippen LogP contribution < -0.4 is 0 Å². The summed E-state index contributed by atoms with van der Waals surface area (Å²) in [6, 6.07) is 3.50. The first kappa shape index (κ1) is 32.3. The summed E-state index contributed by atoms with van der Waals surface area (Å²) in [4.78, 5) is 37.7. The zero-order valence-electron chi connectivity index (χ0n) is 22.8. The van der Waals surface area contributed by atoms with Gasteiger partial charge in [0.25, 0.3) is 0 Å². The Bertz CT molecular complexity index is 1630. The van der Waals surface area contributed by atoms with Crippen molar-refractivity contribution in [2.45, 2.75) is 37.4 Å². The SMILES string of the molecule is CC(=O)c1c(O)cc(O)c([C@@H]2O[C@H](COC(=O)c3cc(O)c(O)c(O)c3)[C@@H](O)[C@H](O)[C@H]2OC(=O)c2cc(O)c(O)c(O)c2)c1O. The van der Waals surface area contributed by atoms with Crippen LogP contribution in [0.15, 0.2) is 30.3 Å². The number of phenolic OH excluding ortho intramolecular Hbond substituents is 9. The van der Waals surface area contributed by atoms with E-state index >= 15 is 0 Å². The molecule has 0 bridgehead atoms. The summed E-state index contributed by atoms with van der Waals surface area (Å²) in [5, 5.41) is 111. The number of carbonyl (C=O) groups excluding carboxylic acids is 3. The molecule has 4 rings (SSSR count). The molecule has 0 aromatic heterocycles. The van der Waals surface area contributed by atoms with Gasteiger partial charge < -0.3 is 70.4 Å². The molecule has 45 heavy (non-hydrogen) atoms. The van der Waals surface area contributed by atoms with E-state index in [-0.39, 0.29) is 0 Å². The molecule has 11 N–H and O–H groups in total. The Labute approximate surface area is 251 Å². The number of ether oxygens (including phenoxy) is 3. The molecule has 1 aliphatic heterocycles. The zero-order chi connectivity index (χ0) is 33.5. The molecule has 240 valence electrons. The molecular weight excluding hydrogens is 608 g/mol. The lowest BCUT2D eigenvalue weighted by Crippen LogP contribution is -2.57. The van der Waals surface area contributed by atoms with E-state index < -0.39 is 129 Å². The van der Waals surface area contributed by atoms with Crippen molar-refractivity contribution in [2.75, 3.05) is 6.61 Å². The number of aliphatic hydroxyl groups excluding tert-OH is 2. The molecule has 0 saturated carbocycles. The third-order valence-corrected chi connectivity index (χ3v) is 6.85. The lowest BCUT2D eigenvalue weighted by molar-refractivity contribution is -0.232. The topological polar surface area (TPSA) is 301 Å². The van der Waals surface area contributed by atoms with Crippen LogP contribution in [0, 0.1) is 0 Å². The van der Waals surface area contributed by atoms with Crippen molar-refractivity contribution in [1.29, 1.82) is 0 Å². The largest absolute Gasteiger partial charge is 0.507 e. The number of aromatic hydroxyl groups is 9. The Balaban J connectivity index is 1.71. The minimum Gasteiger partial charge on any atom is -0.507 e. The standard InChI is InChI=1S/C28H26O17/c1-8(29)18-11(30)6-12(31)19(23(18)39)25-26(45-28(42)10-4-15(34)21(37)16(35)5-10)24(40)22(38)17(44-25)7-43-27(41)9-2-13(32)20(36)14(33)3-9/h2-6,17,22,24-26,30-40H,7H2,1H3/t17-,22-,24+,25+,26-/m1/s1. The predicted octanol–water partition coefficient (Wildman–Crippen LogP) is 0.484. The first-order valence-electron chi connectivity index (χ1n) is 12.7. The van der Waals surface area contributed by atoms with Crippen LogP contribution >= 0.6 is 0 Å². The maximum absolute atomic E-state index is 13.0. The number of esters is 2. The molecule has 3 aromatic carbocycles. The number of carbonyl (C=O) groups is 3. The van der Waals surface area contributed by atoms with Gasteiger partial charge in [-0.1, -0.05) is 0 Å². The molecule has 5 atom stereocenters. The Morgan fingerprint density at radius 2 is 1.16 bits per heavy atom. The van der Waals surface area contributed by atoms with Crippen LogP contribution in [0.5, 0.6) is 51.7 Å². The minimum atomic E-state index is -2.16. The molecule has 0 amide bonds. The Morgan fingerprint density at radius 3 is 1.64 bits per heavy atom. The van der Waals surface area contributed by atoms with Crippen LogP contribution in [0.2, 0.25) is 0 Å². The van der Waals surface area contributed by atoms with Gasteiger partial charge in [0.2, 0.25) is 0 Å². The van der Waals surface area contributed by atoms with Gasteiger partial charge >= 0.3 is 11.9 Å². The number of aliphatic hydroxyl groups is 2. The van der Waals surface area contributed by atoms with Gasteiger partial charge in [0, 0.05) is 6.07 Å². The molecule has 1 fully saturated rings. The third-order valence-electron chi connectivity index (χ3n) is 6.85. The fraction of sp³-hybridized carbons (Fsp3) is 0.250. The summed E-state index contributed by atoms with van der Waals surface area (Å²) in [5.74, 6) is -11.9. The maximum atomic E-state index is 13.0. The third kappa shape index (κ3) is 6.07. The zero-order valence-corrected chi connectivity index (χ0v) is 22.8. The van der Waals surface area contributed by atoms with Gasteiger partial charge in [-0.25, -0.2) is 9.59 Å². The smallest absolute Gasteiger partial charge is 0.338 e. The predicted molar refractivity (Wildman–Crippen MR) is 143 cm³/mol. The van der Waals surface area contributed by atoms with E-state index in [4.69, 9.17) is 14.2 Å². The van der Waals surface area contributed by atoms with Gasteiger partial charge in [-0.3, -0.25) is 4.79 Å². The van der Waals surface area contributed by atoms with Gasteiger partial charge in [0.1, 0.15) is 53.8 Å². The van der Waals surface area contributed by atoms with Gasteiger partial charge in [-0.05, 0) is 31.2 Å². The normalized spacial score (nSPS) is 21.2. The second-order valence-electron chi connectivity index (χ2n) is 9.88. The number of Topliss-reactive ketones (excluding diaryl/α,β-unsaturated/α-hetero) is 1. The summed E-state index contributed by atoms with van der Waals surface area (Å²) < 4.78 is 16.0. The molecule has 17 heteroatoms. The average molecular weight is 634 g/mol. The summed E-state index contributed by atoms with van der Waals surface area (Å²) in [5.41, 5.74) is -2.47. The Morgan fingerprint density at radius 1 is 0.667 bits per heavy atom. The number of phenols is 9. The molecule has 0 radical (unpaired) electrons. The van der Waals surface area contributed by atoms with Crippen molar-refractivity contribution >= 4 is 17.7 Å². The summed E-state index contributed by atoms with van der Waals surface area (Å²) >= 11 is 0. The highest BCUT2D eigenvalue weighted by Crippen LogP contribution is 2.47. The second kappa shape index (κ2) is 12.2. The molecule has 0 unspecified atom stereocenters. The van der Waals surface area contributed by atoms with Gasteiger partial charge in [0.05, 0.1) is 16.7 Å². The monoisotopic (exact) mass is 634 g/mol. The fourth-order valence-electron chi connectivity index (χ4n) is 4.60. The lowest BCUT2D eigenvalue weighted by Gasteiger charge is -2.42. The van der Waals surface area contributed by atoms with E-state index in [1.807, 2.05) is 0 Å². The molecular formula is C28H26O17. The van der Waals surface area contributed by atoms with Gasteiger partial charge in [0.15, 0.2) is 46.4 Å². The van der Waals surface area contributed by atoms with E-state index in [1.54, 1.807) is 0 Å². The van der Waals surface area contributed by atoms with Gasteiger partial charge in [-0.15, -0.1) is 0 Å². The average Bonchev–Trinajstić information content (AvgIpc) is 2.96. The van der Waals surface area contributed by atoms with E-state index in [2.05, 4.69) is 0 Å². The Hall–Kier alpha value is -5.65. The molecule has 1 saturated heterocycles. The number of hydrogen-bond acceptors (Lipinski definition) is 17. The molecule has 0 spiro atoms. The van der Waals surface area contributed by atoms with Crippen molar-refractivity contribution in [3.8, 4) is 51.7 Å². The van der Waals surface area contributed by atoms with Crippen molar-refractivity contribution in [1.82, 2.24) is 0 Å². The number of hydrogen-bond donors (Lipinski definition) is 11. The highest BCUT2D eigenvalue weighted by Gasteiger charge is 2.50. The van der Waals surface area contributed by atoms with E-state index in [1.165, 1.54) is 0 Å². The molecule has 1 aliphatic rings. The molecule has 1 heterocycles. The maximum Gasteiger partial charge on any atom is 0.338 e. The fourth-order valence-corrected chi connectivity index (χ4v) is 4.60. The number of rotatable bonds is 7. The highest BCUT2D eigenvalue weighted by molar-refractivity contribution is 6.00. The van der Waals surface area contributed by atoms with Gasteiger partial charge in [-0.2, -0.15) is 0 Å². The summed E-state index contributed by atoms with van der Waals surface area (Å²) in [6.07, 6.45) is -9.95. The van der Waals surface area contributed by atoms with Crippen LogP contribution in [-0.4, -0.2) is 105 Å². The quantitative estimate of drug-likeness (QED) is 0.0956. The first-order chi connectivity index (χ1) is 21.0. The van der Waals surface area contributed by atoms with Crippen molar-refractivity contribution in [3.05, 3.63) is 52.6 Å². The number of benzene rings is 3. The van der Waals surface area contributed by atoms with Crippen molar-refractivity contribution < 1.29 is 84.8 Å². The molecule has 17 nitrogen and oxygen atoms in total.